The minimum atomic E-state index is -0.542. The molecule has 2 rings (SSSR count). The first-order chi connectivity index (χ1) is 10.4. The Kier molecular flexibility index (Phi) is 4.67. The predicted molar refractivity (Wildman–Crippen MR) is 88.2 cm³/mol. The Labute approximate surface area is 130 Å². The maximum absolute atomic E-state index is 12.1. The molecule has 0 aliphatic heterocycles. The number of H-pyrrole nitrogens is 1. The minimum absolute atomic E-state index is 0.144. The first-order valence-electron chi connectivity index (χ1n) is 7.37. The average molecular weight is 295 g/mol. The quantitative estimate of drug-likeness (QED) is 0.505. The molecule has 0 aliphatic carbocycles. The standard InChI is InChI=1S/C18H21N3O/c1-18(2,3)17(22)14(10-19)11-20-9-8-13-12-21-16-7-5-4-6-15(13)16/h4-7,11-12,20-21H,8-9H2,1-3H3. The molecule has 114 valence electrons. The Hall–Kier alpha value is -2.54. The van der Waals surface area contributed by atoms with Gasteiger partial charge in [-0.2, -0.15) is 5.26 Å². The molecule has 0 saturated heterocycles. The minimum Gasteiger partial charge on any atom is -0.389 e. The molecule has 2 N–H and O–H groups in total. The van der Waals surface area contributed by atoms with Crippen molar-refractivity contribution in [3.8, 4) is 6.07 Å². The molecule has 0 saturated carbocycles. The second-order valence-corrected chi connectivity index (χ2v) is 6.31. The van der Waals surface area contributed by atoms with E-state index in [1.165, 1.54) is 17.1 Å². The fraction of sp³-hybridized carbons (Fsp3) is 0.333. The summed E-state index contributed by atoms with van der Waals surface area (Å²) in [4.78, 5) is 15.3. The summed E-state index contributed by atoms with van der Waals surface area (Å²) in [6.07, 6.45) is 4.35. The third kappa shape index (κ3) is 3.56. The van der Waals surface area contributed by atoms with Gasteiger partial charge < -0.3 is 10.3 Å². The first-order valence-corrected chi connectivity index (χ1v) is 7.37. The molecule has 2 aromatic rings. The van der Waals surface area contributed by atoms with Gasteiger partial charge in [0.05, 0.1) is 0 Å². The average Bonchev–Trinajstić information content (AvgIpc) is 2.89. The maximum Gasteiger partial charge on any atom is 0.180 e. The Morgan fingerprint density at radius 3 is 2.77 bits per heavy atom. The summed E-state index contributed by atoms with van der Waals surface area (Å²) in [5.41, 5.74) is 1.97. The number of carbonyl (C=O) groups excluding carboxylic acids is 1. The fourth-order valence-corrected chi connectivity index (χ4v) is 2.27. The molecule has 22 heavy (non-hydrogen) atoms. The van der Waals surface area contributed by atoms with Gasteiger partial charge in [0.15, 0.2) is 5.78 Å². The lowest BCUT2D eigenvalue weighted by atomic mass is 9.87. The Morgan fingerprint density at radius 2 is 2.09 bits per heavy atom. The van der Waals surface area contributed by atoms with Gasteiger partial charge in [-0.25, -0.2) is 0 Å². The number of rotatable bonds is 5. The highest BCUT2D eigenvalue weighted by molar-refractivity contribution is 6.02. The molecule has 0 aliphatic rings. The molecule has 1 aromatic carbocycles. The van der Waals surface area contributed by atoms with E-state index in [1.54, 1.807) is 0 Å². The molecule has 0 amide bonds. The number of Topliss-reactive ketones (excluding diaryl/α,β-unsaturated/α-hetero) is 1. The number of benzene rings is 1. The highest BCUT2D eigenvalue weighted by Crippen LogP contribution is 2.19. The summed E-state index contributed by atoms with van der Waals surface area (Å²) in [6, 6.07) is 10.1. The number of nitrogens with zero attached hydrogens (tertiary/aromatic N) is 1. The van der Waals surface area contributed by atoms with Crippen LogP contribution in [0.15, 0.2) is 42.2 Å². The topological polar surface area (TPSA) is 68.7 Å². The number of aromatic amines is 1. The van der Waals surface area contributed by atoms with Crippen molar-refractivity contribution < 1.29 is 4.79 Å². The lowest BCUT2D eigenvalue weighted by Crippen LogP contribution is -2.23. The second kappa shape index (κ2) is 6.48. The van der Waals surface area contributed by atoms with Gasteiger partial charge in [-0.05, 0) is 18.1 Å². The molecule has 1 heterocycles. The van der Waals surface area contributed by atoms with Crippen molar-refractivity contribution in [2.24, 2.45) is 5.41 Å². The number of hydrogen-bond donors (Lipinski definition) is 2. The van der Waals surface area contributed by atoms with Crippen molar-refractivity contribution in [3.05, 3.63) is 47.8 Å². The van der Waals surface area contributed by atoms with E-state index < -0.39 is 5.41 Å². The number of allylic oxidation sites excluding steroid dienone is 1. The van der Waals surface area contributed by atoms with Gasteiger partial charge in [0.1, 0.15) is 11.6 Å². The van der Waals surface area contributed by atoms with Crippen LogP contribution in [0.3, 0.4) is 0 Å². The maximum atomic E-state index is 12.1. The SMILES string of the molecule is CC(C)(C)C(=O)C(C#N)=CNCCc1c[nH]c2ccccc12. The predicted octanol–water partition coefficient (Wildman–Crippen LogP) is 3.32. The van der Waals surface area contributed by atoms with E-state index in [0.717, 1.165) is 11.9 Å². The largest absolute Gasteiger partial charge is 0.389 e. The van der Waals surface area contributed by atoms with Crippen LogP contribution in [-0.2, 0) is 11.2 Å². The zero-order valence-electron chi connectivity index (χ0n) is 13.2. The summed E-state index contributed by atoms with van der Waals surface area (Å²) in [5, 5.41) is 13.4. The van der Waals surface area contributed by atoms with Gasteiger partial charge >= 0.3 is 0 Å². The highest BCUT2D eigenvalue weighted by Gasteiger charge is 2.24. The molecule has 0 spiro atoms. The van der Waals surface area contributed by atoms with Crippen molar-refractivity contribution >= 4 is 16.7 Å². The third-order valence-electron chi connectivity index (χ3n) is 3.51. The van der Waals surface area contributed by atoms with Crippen LogP contribution >= 0.6 is 0 Å². The number of carbonyl (C=O) groups is 1. The number of para-hydroxylation sites is 1. The molecule has 1 aromatic heterocycles. The summed E-state index contributed by atoms with van der Waals surface area (Å²) >= 11 is 0. The van der Waals surface area contributed by atoms with E-state index in [9.17, 15) is 4.79 Å². The van der Waals surface area contributed by atoms with Gasteiger partial charge in [0.2, 0.25) is 0 Å². The van der Waals surface area contributed by atoms with Crippen LogP contribution in [-0.4, -0.2) is 17.3 Å². The van der Waals surface area contributed by atoms with Crippen molar-refractivity contribution in [2.75, 3.05) is 6.54 Å². The van der Waals surface area contributed by atoms with Gasteiger partial charge in [-0.15, -0.1) is 0 Å². The lowest BCUT2D eigenvalue weighted by molar-refractivity contribution is -0.122. The number of ketones is 1. The van der Waals surface area contributed by atoms with Crippen LogP contribution in [0.1, 0.15) is 26.3 Å². The number of nitriles is 1. The fourth-order valence-electron chi connectivity index (χ4n) is 2.27. The molecular formula is C18H21N3O. The van der Waals surface area contributed by atoms with Crippen LogP contribution < -0.4 is 5.32 Å². The molecule has 4 heteroatoms. The monoisotopic (exact) mass is 295 g/mol. The van der Waals surface area contributed by atoms with Crippen LogP contribution in [0.4, 0.5) is 0 Å². The molecule has 4 nitrogen and oxygen atoms in total. The number of fused-ring (bicyclic) bond motifs is 1. The van der Waals surface area contributed by atoms with Crippen LogP contribution in [0.5, 0.6) is 0 Å². The van der Waals surface area contributed by atoms with Crippen molar-refractivity contribution in [1.29, 1.82) is 5.26 Å². The molecule has 0 bridgehead atoms. The van der Waals surface area contributed by atoms with E-state index in [0.29, 0.717) is 6.54 Å². The van der Waals surface area contributed by atoms with Crippen molar-refractivity contribution in [3.63, 3.8) is 0 Å². The zero-order chi connectivity index (χ0) is 16.2. The summed E-state index contributed by atoms with van der Waals surface area (Å²) < 4.78 is 0. The summed E-state index contributed by atoms with van der Waals surface area (Å²) in [6.45, 7) is 6.11. The second-order valence-electron chi connectivity index (χ2n) is 6.31. The van der Waals surface area contributed by atoms with Gasteiger partial charge in [-0.1, -0.05) is 39.0 Å². The summed E-state index contributed by atoms with van der Waals surface area (Å²) in [5.74, 6) is -0.144. The lowest BCUT2D eigenvalue weighted by Gasteiger charge is -2.15. The number of aromatic nitrogens is 1. The molecule has 0 fully saturated rings. The Morgan fingerprint density at radius 1 is 1.36 bits per heavy atom. The Balaban J connectivity index is 1.97. The van der Waals surface area contributed by atoms with E-state index in [2.05, 4.69) is 16.4 Å². The van der Waals surface area contributed by atoms with E-state index >= 15 is 0 Å². The first kappa shape index (κ1) is 15.8. The van der Waals surface area contributed by atoms with Crippen molar-refractivity contribution in [1.82, 2.24) is 10.3 Å². The normalized spacial score (nSPS) is 12.2. The van der Waals surface area contributed by atoms with E-state index in [1.807, 2.05) is 51.2 Å². The molecule has 0 radical (unpaired) electrons. The van der Waals surface area contributed by atoms with Gasteiger partial charge in [0, 0.05) is 35.3 Å². The summed E-state index contributed by atoms with van der Waals surface area (Å²) in [7, 11) is 0. The molecule has 0 unspecified atom stereocenters. The third-order valence-corrected chi connectivity index (χ3v) is 3.51. The van der Waals surface area contributed by atoms with Gasteiger partial charge in [0.25, 0.3) is 0 Å². The van der Waals surface area contributed by atoms with Crippen LogP contribution in [0.25, 0.3) is 10.9 Å². The number of nitrogens with one attached hydrogen (secondary N) is 2. The van der Waals surface area contributed by atoms with Crippen LogP contribution in [0, 0.1) is 16.7 Å². The zero-order valence-corrected chi connectivity index (χ0v) is 13.2. The van der Waals surface area contributed by atoms with E-state index in [-0.39, 0.29) is 11.4 Å². The number of hydrogen-bond acceptors (Lipinski definition) is 3. The molecular weight excluding hydrogens is 274 g/mol. The van der Waals surface area contributed by atoms with Gasteiger partial charge in [-0.3, -0.25) is 4.79 Å². The Bertz CT molecular complexity index is 742. The molecule has 0 atom stereocenters. The van der Waals surface area contributed by atoms with Crippen molar-refractivity contribution in [2.45, 2.75) is 27.2 Å². The van der Waals surface area contributed by atoms with E-state index in [4.69, 9.17) is 5.26 Å². The smallest absolute Gasteiger partial charge is 0.180 e. The highest BCUT2D eigenvalue weighted by atomic mass is 16.1. The van der Waals surface area contributed by atoms with Crippen LogP contribution in [0.2, 0.25) is 0 Å².